The van der Waals surface area contributed by atoms with Crippen molar-refractivity contribution in [3.05, 3.63) is 42.3 Å². The molecule has 2 aromatic rings. The Morgan fingerprint density at radius 3 is 3.00 bits per heavy atom. The summed E-state index contributed by atoms with van der Waals surface area (Å²) in [7, 11) is 0. The fourth-order valence-corrected chi connectivity index (χ4v) is 3.15. The molecular weight excluding hydrogens is 312 g/mol. The molecule has 0 bridgehead atoms. The third kappa shape index (κ3) is 4.84. The first kappa shape index (κ1) is 16.1. The van der Waals surface area contributed by atoms with E-state index in [-0.39, 0.29) is 12.0 Å². The Labute approximate surface area is 139 Å². The molecule has 0 radical (unpaired) electrons. The van der Waals surface area contributed by atoms with Gasteiger partial charge in [-0.3, -0.25) is 4.79 Å². The number of hydrogen-bond donors (Lipinski definition) is 1. The van der Waals surface area contributed by atoms with Gasteiger partial charge < -0.3 is 14.5 Å². The van der Waals surface area contributed by atoms with E-state index in [0.717, 1.165) is 30.7 Å². The van der Waals surface area contributed by atoms with E-state index in [2.05, 4.69) is 10.3 Å². The van der Waals surface area contributed by atoms with Gasteiger partial charge in [-0.05, 0) is 25.0 Å². The van der Waals surface area contributed by atoms with Crippen LogP contribution in [0.1, 0.15) is 18.5 Å². The van der Waals surface area contributed by atoms with E-state index in [1.165, 1.54) is 11.8 Å². The zero-order valence-electron chi connectivity index (χ0n) is 12.9. The highest BCUT2D eigenvalue weighted by Gasteiger charge is 2.16. The molecule has 0 aliphatic carbocycles. The molecule has 1 saturated heterocycles. The van der Waals surface area contributed by atoms with Gasteiger partial charge in [-0.15, -0.1) is 11.8 Å². The molecule has 1 atom stereocenters. The number of nitrogens with one attached hydrogen (secondary N) is 1. The zero-order chi connectivity index (χ0) is 15.9. The lowest BCUT2D eigenvalue weighted by atomic mass is 10.2. The first-order valence-corrected chi connectivity index (χ1v) is 8.92. The third-order valence-electron chi connectivity index (χ3n) is 3.61. The monoisotopic (exact) mass is 332 g/mol. The van der Waals surface area contributed by atoms with Gasteiger partial charge in [0.15, 0.2) is 0 Å². The van der Waals surface area contributed by atoms with Crippen molar-refractivity contribution in [3.63, 3.8) is 0 Å². The minimum Gasteiger partial charge on any atom is -0.444 e. The number of carbonyl (C=O) groups excluding carboxylic acids is 1. The number of nitrogens with zero attached hydrogens (tertiary/aromatic N) is 1. The van der Waals surface area contributed by atoms with Crippen LogP contribution >= 0.6 is 11.8 Å². The standard InChI is InChI=1S/C17H20N2O3S/c20-16(18-9-15-7-4-8-21-15)12-23-11-14-10-22-17(19-14)13-5-2-1-3-6-13/h1-3,5-6,10,15H,4,7-9,11-12H2,(H,18,20). The average Bonchev–Trinajstić information content (AvgIpc) is 3.26. The lowest BCUT2D eigenvalue weighted by Gasteiger charge is -2.10. The van der Waals surface area contributed by atoms with Crippen LogP contribution in [0.3, 0.4) is 0 Å². The Morgan fingerprint density at radius 2 is 2.22 bits per heavy atom. The predicted octanol–water partition coefficient (Wildman–Crippen LogP) is 2.87. The SMILES string of the molecule is O=C(CSCc1coc(-c2ccccc2)n1)NCC1CCCO1. The largest absolute Gasteiger partial charge is 0.444 e. The Morgan fingerprint density at radius 1 is 1.35 bits per heavy atom. The van der Waals surface area contributed by atoms with Gasteiger partial charge in [0.05, 0.1) is 17.6 Å². The first-order valence-electron chi connectivity index (χ1n) is 7.77. The van der Waals surface area contributed by atoms with Crippen LogP contribution in [0.2, 0.25) is 0 Å². The van der Waals surface area contributed by atoms with Crippen LogP contribution in [-0.4, -0.2) is 35.9 Å². The van der Waals surface area contributed by atoms with Crippen LogP contribution in [0.25, 0.3) is 11.5 Å². The summed E-state index contributed by atoms with van der Waals surface area (Å²) in [4.78, 5) is 16.2. The maximum absolute atomic E-state index is 11.8. The van der Waals surface area contributed by atoms with Crippen LogP contribution in [0, 0.1) is 0 Å². The fraction of sp³-hybridized carbons (Fsp3) is 0.412. The molecule has 23 heavy (non-hydrogen) atoms. The van der Waals surface area contributed by atoms with Crippen molar-refractivity contribution in [1.29, 1.82) is 0 Å². The highest BCUT2D eigenvalue weighted by Crippen LogP contribution is 2.20. The van der Waals surface area contributed by atoms with Crippen molar-refractivity contribution in [1.82, 2.24) is 10.3 Å². The zero-order valence-corrected chi connectivity index (χ0v) is 13.7. The third-order valence-corrected chi connectivity index (χ3v) is 4.57. The number of hydrogen-bond acceptors (Lipinski definition) is 5. The molecule has 5 nitrogen and oxygen atoms in total. The molecule has 1 amide bonds. The lowest BCUT2D eigenvalue weighted by molar-refractivity contribution is -0.119. The minimum atomic E-state index is 0.0391. The number of rotatable bonds is 7. The van der Waals surface area contributed by atoms with Crippen molar-refractivity contribution in [2.24, 2.45) is 0 Å². The number of benzene rings is 1. The Hall–Kier alpha value is -1.79. The van der Waals surface area contributed by atoms with Gasteiger partial charge >= 0.3 is 0 Å². The molecule has 1 unspecified atom stereocenters. The lowest BCUT2D eigenvalue weighted by Crippen LogP contribution is -2.32. The van der Waals surface area contributed by atoms with Gasteiger partial charge in [0.25, 0.3) is 0 Å². The number of aromatic nitrogens is 1. The van der Waals surface area contributed by atoms with Gasteiger partial charge in [-0.2, -0.15) is 0 Å². The maximum Gasteiger partial charge on any atom is 0.230 e. The summed E-state index contributed by atoms with van der Waals surface area (Å²) in [5.41, 5.74) is 1.80. The molecule has 1 aromatic carbocycles. The van der Waals surface area contributed by atoms with Crippen molar-refractivity contribution in [2.45, 2.75) is 24.7 Å². The maximum atomic E-state index is 11.8. The number of ether oxygens (including phenoxy) is 1. The second-order valence-corrected chi connectivity index (χ2v) is 6.43. The summed E-state index contributed by atoms with van der Waals surface area (Å²) in [6.07, 6.45) is 3.97. The summed E-state index contributed by atoms with van der Waals surface area (Å²) in [6, 6.07) is 9.78. The second kappa shape index (κ2) is 8.17. The predicted molar refractivity (Wildman–Crippen MR) is 90.1 cm³/mol. The molecule has 1 N–H and O–H groups in total. The van der Waals surface area contributed by atoms with Crippen LogP contribution in [-0.2, 0) is 15.3 Å². The van der Waals surface area contributed by atoms with E-state index < -0.39 is 0 Å². The first-order chi connectivity index (χ1) is 11.3. The molecule has 6 heteroatoms. The van der Waals surface area contributed by atoms with Gasteiger partial charge in [0, 0.05) is 24.5 Å². The van der Waals surface area contributed by atoms with Crippen LogP contribution in [0.5, 0.6) is 0 Å². The second-order valence-electron chi connectivity index (χ2n) is 5.44. The Balaban J connectivity index is 1.39. The van der Waals surface area contributed by atoms with E-state index in [1.807, 2.05) is 30.3 Å². The van der Waals surface area contributed by atoms with Gasteiger partial charge in [0.1, 0.15) is 6.26 Å². The van der Waals surface area contributed by atoms with E-state index in [1.54, 1.807) is 6.26 Å². The number of oxazole rings is 1. The average molecular weight is 332 g/mol. The number of carbonyl (C=O) groups is 1. The molecule has 3 rings (SSSR count). The fourth-order valence-electron chi connectivity index (χ4n) is 2.42. The van der Waals surface area contributed by atoms with Gasteiger partial charge in [0.2, 0.25) is 11.8 Å². The summed E-state index contributed by atoms with van der Waals surface area (Å²) in [5.74, 6) is 1.73. The molecule has 1 aliphatic heterocycles. The molecule has 2 heterocycles. The van der Waals surface area contributed by atoms with Crippen molar-refractivity contribution < 1.29 is 13.9 Å². The van der Waals surface area contributed by atoms with Crippen LogP contribution in [0.15, 0.2) is 41.0 Å². The molecule has 1 aromatic heterocycles. The quantitative estimate of drug-likeness (QED) is 0.844. The molecule has 122 valence electrons. The molecule has 1 fully saturated rings. The van der Waals surface area contributed by atoms with Crippen molar-refractivity contribution >= 4 is 17.7 Å². The molecule has 0 saturated carbocycles. The normalized spacial score (nSPS) is 17.3. The van der Waals surface area contributed by atoms with E-state index in [0.29, 0.717) is 23.9 Å². The minimum absolute atomic E-state index is 0.0391. The summed E-state index contributed by atoms with van der Waals surface area (Å²) >= 11 is 1.53. The molecular formula is C17H20N2O3S. The van der Waals surface area contributed by atoms with Gasteiger partial charge in [-0.25, -0.2) is 4.98 Å². The highest BCUT2D eigenvalue weighted by molar-refractivity contribution is 7.99. The van der Waals surface area contributed by atoms with Gasteiger partial charge in [-0.1, -0.05) is 18.2 Å². The number of amides is 1. The summed E-state index contributed by atoms with van der Waals surface area (Å²) in [5, 5.41) is 2.91. The van der Waals surface area contributed by atoms with E-state index in [4.69, 9.17) is 9.15 Å². The van der Waals surface area contributed by atoms with Crippen molar-refractivity contribution in [3.8, 4) is 11.5 Å². The summed E-state index contributed by atoms with van der Waals surface area (Å²) < 4.78 is 11.0. The highest BCUT2D eigenvalue weighted by atomic mass is 32.2. The molecule has 0 spiro atoms. The van der Waals surface area contributed by atoms with Crippen molar-refractivity contribution in [2.75, 3.05) is 18.9 Å². The van der Waals surface area contributed by atoms with E-state index in [9.17, 15) is 4.79 Å². The van der Waals surface area contributed by atoms with Crippen LogP contribution in [0.4, 0.5) is 0 Å². The summed E-state index contributed by atoms with van der Waals surface area (Å²) in [6.45, 7) is 1.42. The Kier molecular flexibility index (Phi) is 5.71. The number of thioether (sulfide) groups is 1. The Bertz CT molecular complexity index is 624. The molecule has 1 aliphatic rings. The van der Waals surface area contributed by atoms with Crippen LogP contribution < -0.4 is 5.32 Å². The smallest absolute Gasteiger partial charge is 0.230 e. The van der Waals surface area contributed by atoms with E-state index >= 15 is 0 Å². The topological polar surface area (TPSA) is 64.4 Å².